The second-order valence-electron chi connectivity index (χ2n) is 4.65. The van der Waals surface area contributed by atoms with Crippen molar-refractivity contribution in [1.82, 2.24) is 4.90 Å². The number of non-ortho nitro benzene ring substituents is 1. The maximum Gasteiger partial charge on any atom is 0.303 e. The number of carboxylic acids is 1. The molecule has 1 heterocycles. The Morgan fingerprint density at radius 3 is 2.90 bits per heavy atom. The molecule has 0 saturated carbocycles. The summed E-state index contributed by atoms with van der Waals surface area (Å²) >= 11 is 1.35. The van der Waals surface area contributed by atoms with E-state index in [1.165, 1.54) is 23.9 Å². The Bertz CT molecular complexity index is 590. The maximum absolute atomic E-state index is 12.0. The molecule has 0 radical (unpaired) electrons. The molecule has 0 aromatic heterocycles. The highest BCUT2D eigenvalue weighted by Gasteiger charge is 2.22. The van der Waals surface area contributed by atoms with E-state index in [-0.39, 0.29) is 30.3 Å². The summed E-state index contributed by atoms with van der Waals surface area (Å²) in [5.41, 5.74) is 0.726. The molecule has 1 aliphatic rings. The number of nitro benzene ring substituents is 1. The van der Waals surface area contributed by atoms with Crippen LogP contribution < -0.4 is 0 Å². The number of hydrogen-bond donors (Lipinski definition) is 1. The van der Waals surface area contributed by atoms with Crippen molar-refractivity contribution in [3.63, 3.8) is 0 Å². The lowest BCUT2D eigenvalue weighted by Gasteiger charge is -2.20. The van der Waals surface area contributed by atoms with Gasteiger partial charge in [-0.3, -0.25) is 19.7 Å². The van der Waals surface area contributed by atoms with Gasteiger partial charge in [-0.1, -0.05) is 0 Å². The van der Waals surface area contributed by atoms with Crippen LogP contribution >= 0.6 is 11.8 Å². The van der Waals surface area contributed by atoms with Crippen molar-refractivity contribution in [2.75, 3.05) is 12.3 Å². The molecular formula is C13H14N2O5S. The second-order valence-corrected chi connectivity index (χ2v) is 5.67. The molecule has 0 unspecified atom stereocenters. The zero-order valence-corrected chi connectivity index (χ0v) is 12.0. The number of aliphatic carboxylic acids is 1. The number of carboxylic acid groups (broad SMARTS) is 1. The fourth-order valence-corrected chi connectivity index (χ4v) is 3.03. The lowest BCUT2D eigenvalue weighted by Crippen LogP contribution is -2.32. The summed E-state index contributed by atoms with van der Waals surface area (Å²) in [6, 6.07) is 4.56. The molecule has 1 aromatic carbocycles. The summed E-state index contributed by atoms with van der Waals surface area (Å²) in [5.74, 6) is -0.718. The number of carbonyl (C=O) groups is 2. The fraction of sp³-hybridized carbons (Fsp3) is 0.385. The van der Waals surface area contributed by atoms with Gasteiger partial charge in [0.25, 0.3) is 5.69 Å². The summed E-state index contributed by atoms with van der Waals surface area (Å²) in [5, 5.41) is 19.5. The predicted molar refractivity (Wildman–Crippen MR) is 76.1 cm³/mol. The van der Waals surface area contributed by atoms with Crippen LogP contribution in [0, 0.1) is 10.1 Å². The number of hydrogen-bond acceptors (Lipinski definition) is 5. The molecule has 1 aliphatic heterocycles. The van der Waals surface area contributed by atoms with E-state index in [0.717, 1.165) is 10.5 Å². The van der Waals surface area contributed by atoms with Crippen LogP contribution in [-0.2, 0) is 16.1 Å². The van der Waals surface area contributed by atoms with Crippen molar-refractivity contribution < 1.29 is 19.6 Å². The molecule has 1 aromatic rings. The largest absolute Gasteiger partial charge is 0.481 e. The van der Waals surface area contributed by atoms with Gasteiger partial charge in [0.2, 0.25) is 5.91 Å². The summed E-state index contributed by atoms with van der Waals surface area (Å²) < 4.78 is 0. The number of fused-ring (bicyclic) bond motifs is 1. The second kappa shape index (κ2) is 6.57. The molecule has 112 valence electrons. The highest BCUT2D eigenvalue weighted by atomic mass is 32.2. The van der Waals surface area contributed by atoms with Gasteiger partial charge in [-0.15, -0.1) is 11.8 Å². The smallest absolute Gasteiger partial charge is 0.303 e. The van der Waals surface area contributed by atoms with Crippen molar-refractivity contribution in [1.29, 1.82) is 0 Å². The Morgan fingerprint density at radius 2 is 2.24 bits per heavy atom. The molecule has 0 fully saturated rings. The van der Waals surface area contributed by atoms with Gasteiger partial charge in [0.1, 0.15) is 0 Å². The first-order valence-electron chi connectivity index (χ1n) is 6.37. The van der Waals surface area contributed by atoms with E-state index >= 15 is 0 Å². The molecule has 0 saturated heterocycles. The number of amides is 1. The van der Waals surface area contributed by atoms with Gasteiger partial charge in [-0.25, -0.2) is 0 Å². The lowest BCUT2D eigenvalue weighted by atomic mass is 10.1. The van der Waals surface area contributed by atoms with E-state index in [1.807, 2.05) is 0 Å². The molecule has 0 atom stereocenters. The maximum atomic E-state index is 12.0. The third-order valence-electron chi connectivity index (χ3n) is 3.14. The quantitative estimate of drug-likeness (QED) is 0.658. The van der Waals surface area contributed by atoms with Crippen LogP contribution in [0.3, 0.4) is 0 Å². The summed E-state index contributed by atoms with van der Waals surface area (Å²) in [6.45, 7) is 0.621. The van der Waals surface area contributed by atoms with Crippen LogP contribution in [0.25, 0.3) is 0 Å². The van der Waals surface area contributed by atoms with Crippen molar-refractivity contribution in [2.45, 2.75) is 24.3 Å². The predicted octanol–water partition coefficient (Wildman–Crippen LogP) is 1.89. The number of nitrogens with zero attached hydrogens (tertiary/aromatic N) is 2. The Kier molecular flexibility index (Phi) is 4.79. The minimum atomic E-state index is -0.900. The molecule has 0 aliphatic carbocycles. The highest BCUT2D eigenvalue weighted by Crippen LogP contribution is 2.30. The number of rotatable bonds is 5. The van der Waals surface area contributed by atoms with Crippen molar-refractivity contribution in [2.24, 2.45) is 0 Å². The number of nitro groups is 1. The summed E-state index contributed by atoms with van der Waals surface area (Å²) in [7, 11) is 0. The van der Waals surface area contributed by atoms with E-state index in [4.69, 9.17) is 5.11 Å². The molecule has 1 N–H and O–H groups in total. The average Bonchev–Trinajstić information content (AvgIpc) is 2.58. The van der Waals surface area contributed by atoms with Crippen molar-refractivity contribution >= 4 is 29.3 Å². The van der Waals surface area contributed by atoms with E-state index in [2.05, 4.69) is 0 Å². The minimum absolute atomic E-state index is 0.00127. The molecule has 7 nitrogen and oxygen atoms in total. The first-order chi connectivity index (χ1) is 9.97. The zero-order valence-electron chi connectivity index (χ0n) is 11.2. The van der Waals surface area contributed by atoms with Gasteiger partial charge in [-0.2, -0.15) is 0 Å². The van der Waals surface area contributed by atoms with Crippen LogP contribution in [0.2, 0.25) is 0 Å². The first kappa shape index (κ1) is 15.3. The zero-order chi connectivity index (χ0) is 15.4. The molecule has 0 bridgehead atoms. The molecule has 8 heteroatoms. The fourth-order valence-electron chi connectivity index (χ4n) is 2.09. The van der Waals surface area contributed by atoms with Crippen LogP contribution in [0.15, 0.2) is 23.1 Å². The molecule has 2 rings (SSSR count). The molecule has 21 heavy (non-hydrogen) atoms. The van der Waals surface area contributed by atoms with Crippen LogP contribution in [-0.4, -0.2) is 39.1 Å². The molecular weight excluding hydrogens is 296 g/mol. The average molecular weight is 310 g/mol. The number of benzene rings is 1. The SMILES string of the molecule is O=C(O)CCCN1Cc2cc([N+](=O)[O-])ccc2SCC1=O. The molecule has 0 spiro atoms. The van der Waals surface area contributed by atoms with Crippen LogP contribution in [0.1, 0.15) is 18.4 Å². The van der Waals surface area contributed by atoms with Gasteiger partial charge < -0.3 is 10.0 Å². The Balaban J connectivity index is 2.14. The van der Waals surface area contributed by atoms with Crippen molar-refractivity contribution in [3.05, 3.63) is 33.9 Å². The van der Waals surface area contributed by atoms with E-state index in [1.54, 1.807) is 11.0 Å². The van der Waals surface area contributed by atoms with E-state index in [9.17, 15) is 19.7 Å². The summed E-state index contributed by atoms with van der Waals surface area (Å²) in [4.78, 5) is 35.3. The van der Waals surface area contributed by atoms with E-state index < -0.39 is 10.9 Å². The Morgan fingerprint density at radius 1 is 1.48 bits per heavy atom. The third kappa shape index (κ3) is 3.94. The lowest BCUT2D eigenvalue weighted by molar-refractivity contribution is -0.385. The Hall–Kier alpha value is -2.09. The Labute approximate surface area is 125 Å². The van der Waals surface area contributed by atoms with Crippen LogP contribution in [0.5, 0.6) is 0 Å². The normalized spacial score (nSPS) is 14.5. The number of thioether (sulfide) groups is 1. The third-order valence-corrected chi connectivity index (χ3v) is 4.24. The summed E-state index contributed by atoms with van der Waals surface area (Å²) in [6.07, 6.45) is 0.370. The molecule has 1 amide bonds. The van der Waals surface area contributed by atoms with Gasteiger partial charge in [-0.05, 0) is 18.1 Å². The number of carbonyl (C=O) groups excluding carboxylic acids is 1. The van der Waals surface area contributed by atoms with Gasteiger partial charge >= 0.3 is 5.97 Å². The highest BCUT2D eigenvalue weighted by molar-refractivity contribution is 8.00. The first-order valence-corrected chi connectivity index (χ1v) is 7.35. The van der Waals surface area contributed by atoms with Crippen LogP contribution in [0.4, 0.5) is 5.69 Å². The van der Waals surface area contributed by atoms with E-state index in [0.29, 0.717) is 13.0 Å². The van der Waals surface area contributed by atoms with Gasteiger partial charge in [0.15, 0.2) is 0 Å². The van der Waals surface area contributed by atoms with Gasteiger partial charge in [0, 0.05) is 36.5 Å². The monoisotopic (exact) mass is 310 g/mol. The van der Waals surface area contributed by atoms with Crippen molar-refractivity contribution in [3.8, 4) is 0 Å². The standard InChI is InChI=1S/C13H14N2O5S/c16-12-8-21-11-4-3-10(15(19)20)6-9(11)7-14(12)5-1-2-13(17)18/h3-4,6H,1-2,5,7-8H2,(H,17,18). The van der Waals surface area contributed by atoms with Gasteiger partial charge in [0.05, 0.1) is 10.7 Å². The minimum Gasteiger partial charge on any atom is -0.481 e. The topological polar surface area (TPSA) is 101 Å².